The van der Waals surface area contributed by atoms with E-state index in [9.17, 15) is 0 Å². The van der Waals surface area contributed by atoms with Crippen LogP contribution in [-0.4, -0.2) is 6.61 Å². The van der Waals surface area contributed by atoms with Crippen molar-refractivity contribution in [3.05, 3.63) is 30.0 Å². The van der Waals surface area contributed by atoms with Gasteiger partial charge in [-0.2, -0.15) is 5.26 Å². The molecule has 0 N–H and O–H groups in total. The summed E-state index contributed by atoms with van der Waals surface area (Å²) in [5.74, 6) is 1.50. The van der Waals surface area contributed by atoms with Gasteiger partial charge in [-0.05, 0) is 12.1 Å². The monoisotopic (exact) mass is 201 g/mol. The molecule has 0 bridgehead atoms. The lowest BCUT2D eigenvalue weighted by Crippen LogP contribution is -1.94. The van der Waals surface area contributed by atoms with Crippen LogP contribution in [0.1, 0.15) is 12.7 Å². The largest absolute Gasteiger partial charge is 0.474 e. The van der Waals surface area contributed by atoms with Crippen molar-refractivity contribution in [1.82, 2.24) is 0 Å². The average Bonchev–Trinajstić information content (AvgIpc) is 2.64. The van der Waals surface area contributed by atoms with Crippen molar-refractivity contribution in [1.29, 1.82) is 5.26 Å². The van der Waals surface area contributed by atoms with E-state index in [2.05, 4.69) is 0 Å². The van der Waals surface area contributed by atoms with Crippen LogP contribution in [0.2, 0.25) is 0 Å². The third-order valence-corrected chi connectivity index (χ3v) is 2.22. The lowest BCUT2D eigenvalue weighted by Gasteiger charge is -1.99. The summed E-state index contributed by atoms with van der Waals surface area (Å²) < 4.78 is 11.0. The van der Waals surface area contributed by atoms with Crippen molar-refractivity contribution < 1.29 is 9.15 Å². The number of nitrogens with zero attached hydrogens (tertiary/aromatic N) is 1. The van der Waals surface area contributed by atoms with Gasteiger partial charge in [-0.25, -0.2) is 0 Å². The molecule has 1 aromatic carbocycles. The van der Waals surface area contributed by atoms with E-state index >= 15 is 0 Å². The molecule has 0 radical (unpaired) electrons. The Labute approximate surface area is 87.9 Å². The number of furan rings is 1. The zero-order chi connectivity index (χ0) is 10.7. The number of rotatable bonds is 3. The Morgan fingerprint density at radius 3 is 2.93 bits per heavy atom. The molecule has 0 fully saturated rings. The molecule has 0 aliphatic heterocycles. The number of nitriles is 1. The molecule has 0 aliphatic carbocycles. The summed E-state index contributed by atoms with van der Waals surface area (Å²) >= 11 is 0. The summed E-state index contributed by atoms with van der Waals surface area (Å²) in [5, 5.41) is 9.43. The molecule has 0 saturated heterocycles. The number of para-hydroxylation sites is 1. The maximum atomic E-state index is 8.50. The molecular formula is C12H11NO2. The van der Waals surface area contributed by atoms with E-state index in [0.717, 1.165) is 23.2 Å². The van der Waals surface area contributed by atoms with Crippen LogP contribution in [0, 0.1) is 11.3 Å². The Morgan fingerprint density at radius 1 is 1.40 bits per heavy atom. The number of hydrogen-bond donors (Lipinski definition) is 0. The minimum Gasteiger partial charge on any atom is -0.474 e. The maximum absolute atomic E-state index is 8.50. The second-order valence-electron chi connectivity index (χ2n) is 3.15. The predicted octanol–water partition coefficient (Wildman–Crippen LogP) is 2.90. The van der Waals surface area contributed by atoms with Crippen molar-refractivity contribution in [2.24, 2.45) is 0 Å². The number of hydrogen-bond acceptors (Lipinski definition) is 3. The first-order valence-electron chi connectivity index (χ1n) is 4.87. The quantitative estimate of drug-likeness (QED) is 0.767. The Kier molecular flexibility index (Phi) is 2.59. The topological polar surface area (TPSA) is 46.2 Å². The normalized spacial score (nSPS) is 10.1. The lowest BCUT2D eigenvalue weighted by atomic mass is 10.2. The molecule has 0 aliphatic rings. The van der Waals surface area contributed by atoms with E-state index in [4.69, 9.17) is 14.4 Å². The third-order valence-electron chi connectivity index (χ3n) is 2.22. The maximum Gasteiger partial charge on any atom is 0.174 e. The van der Waals surface area contributed by atoms with Crippen LogP contribution >= 0.6 is 0 Å². The summed E-state index contributed by atoms with van der Waals surface area (Å²) in [7, 11) is 0. The number of aryl methyl sites for hydroxylation is 1. The molecule has 0 saturated carbocycles. The van der Waals surface area contributed by atoms with Gasteiger partial charge in [-0.1, -0.05) is 19.1 Å². The van der Waals surface area contributed by atoms with Gasteiger partial charge < -0.3 is 9.15 Å². The van der Waals surface area contributed by atoms with Gasteiger partial charge in [0, 0.05) is 6.42 Å². The number of fused-ring (bicyclic) bond motifs is 1. The standard InChI is InChI=1S/C12H11NO2/c1-2-10-12(14-8-7-13)9-5-3-4-6-11(9)15-10/h3-6H,2,8H2,1H3. The van der Waals surface area contributed by atoms with Gasteiger partial charge in [0.05, 0.1) is 5.39 Å². The Balaban J connectivity index is 2.52. The summed E-state index contributed by atoms with van der Waals surface area (Å²) in [6, 6.07) is 9.63. The SMILES string of the molecule is CCc1oc2ccccc2c1OCC#N. The van der Waals surface area contributed by atoms with Crippen molar-refractivity contribution in [2.75, 3.05) is 6.61 Å². The Hall–Kier alpha value is -1.95. The summed E-state index contributed by atoms with van der Waals surface area (Å²) in [6.07, 6.45) is 0.759. The molecule has 15 heavy (non-hydrogen) atoms. The predicted molar refractivity (Wildman–Crippen MR) is 56.7 cm³/mol. The Bertz CT molecular complexity index is 508. The highest BCUT2D eigenvalue weighted by Gasteiger charge is 2.13. The van der Waals surface area contributed by atoms with Crippen LogP contribution in [-0.2, 0) is 6.42 Å². The molecule has 0 atom stereocenters. The highest BCUT2D eigenvalue weighted by atomic mass is 16.5. The summed E-state index contributed by atoms with van der Waals surface area (Å²) in [6.45, 7) is 2.05. The van der Waals surface area contributed by atoms with E-state index < -0.39 is 0 Å². The van der Waals surface area contributed by atoms with E-state index in [-0.39, 0.29) is 6.61 Å². The first kappa shape index (κ1) is 9.60. The van der Waals surface area contributed by atoms with Crippen LogP contribution in [0.4, 0.5) is 0 Å². The molecular weight excluding hydrogens is 190 g/mol. The number of ether oxygens (including phenoxy) is 1. The van der Waals surface area contributed by atoms with Crippen molar-refractivity contribution >= 4 is 11.0 Å². The van der Waals surface area contributed by atoms with E-state index in [1.807, 2.05) is 37.3 Å². The van der Waals surface area contributed by atoms with Crippen molar-refractivity contribution in [3.63, 3.8) is 0 Å². The Morgan fingerprint density at radius 2 is 2.20 bits per heavy atom. The second-order valence-corrected chi connectivity index (χ2v) is 3.15. The zero-order valence-corrected chi connectivity index (χ0v) is 8.49. The first-order valence-corrected chi connectivity index (χ1v) is 4.87. The molecule has 2 aromatic rings. The summed E-state index contributed by atoms with van der Waals surface area (Å²) in [4.78, 5) is 0. The fourth-order valence-corrected chi connectivity index (χ4v) is 1.57. The second kappa shape index (κ2) is 4.05. The minimum atomic E-state index is 0.0521. The van der Waals surface area contributed by atoms with Crippen LogP contribution in [0.5, 0.6) is 5.75 Å². The van der Waals surface area contributed by atoms with Gasteiger partial charge in [-0.15, -0.1) is 0 Å². The van der Waals surface area contributed by atoms with Crippen molar-refractivity contribution in [2.45, 2.75) is 13.3 Å². The molecule has 0 unspecified atom stereocenters. The van der Waals surface area contributed by atoms with Gasteiger partial charge >= 0.3 is 0 Å². The molecule has 0 spiro atoms. The van der Waals surface area contributed by atoms with Crippen LogP contribution < -0.4 is 4.74 Å². The van der Waals surface area contributed by atoms with Gasteiger partial charge in [0.25, 0.3) is 0 Å². The smallest absolute Gasteiger partial charge is 0.174 e. The highest BCUT2D eigenvalue weighted by Crippen LogP contribution is 2.33. The van der Waals surface area contributed by atoms with E-state index in [0.29, 0.717) is 5.75 Å². The number of benzene rings is 1. The lowest BCUT2D eigenvalue weighted by molar-refractivity contribution is 0.357. The molecule has 3 nitrogen and oxygen atoms in total. The molecule has 3 heteroatoms. The highest BCUT2D eigenvalue weighted by molar-refractivity contribution is 5.85. The van der Waals surface area contributed by atoms with Crippen molar-refractivity contribution in [3.8, 4) is 11.8 Å². The van der Waals surface area contributed by atoms with Gasteiger partial charge in [0.1, 0.15) is 17.4 Å². The molecule has 1 aromatic heterocycles. The first-order chi connectivity index (χ1) is 7.36. The zero-order valence-electron chi connectivity index (χ0n) is 8.49. The van der Waals surface area contributed by atoms with Crippen LogP contribution in [0.15, 0.2) is 28.7 Å². The summed E-state index contributed by atoms with van der Waals surface area (Å²) in [5.41, 5.74) is 0.808. The molecule has 0 amide bonds. The van der Waals surface area contributed by atoms with E-state index in [1.54, 1.807) is 0 Å². The molecule has 76 valence electrons. The molecule has 2 rings (SSSR count). The molecule has 1 heterocycles. The van der Waals surface area contributed by atoms with Gasteiger partial charge in [0.2, 0.25) is 0 Å². The van der Waals surface area contributed by atoms with Crippen LogP contribution in [0.3, 0.4) is 0 Å². The van der Waals surface area contributed by atoms with Gasteiger partial charge in [0.15, 0.2) is 12.4 Å². The van der Waals surface area contributed by atoms with E-state index in [1.165, 1.54) is 0 Å². The average molecular weight is 201 g/mol. The fourth-order valence-electron chi connectivity index (χ4n) is 1.57. The van der Waals surface area contributed by atoms with Gasteiger partial charge in [-0.3, -0.25) is 0 Å². The third kappa shape index (κ3) is 1.66. The van der Waals surface area contributed by atoms with Crippen LogP contribution in [0.25, 0.3) is 11.0 Å². The minimum absolute atomic E-state index is 0.0521. The fraction of sp³-hybridized carbons (Fsp3) is 0.250.